The summed E-state index contributed by atoms with van der Waals surface area (Å²) in [6.45, 7) is 2.91. The highest BCUT2D eigenvalue weighted by atomic mass is 16.4. The summed E-state index contributed by atoms with van der Waals surface area (Å²) >= 11 is 0. The normalized spacial score (nSPS) is 15.7. The van der Waals surface area contributed by atoms with Crippen molar-refractivity contribution in [2.45, 2.75) is 44.7 Å². The highest BCUT2D eigenvalue weighted by Gasteiger charge is 2.18. The van der Waals surface area contributed by atoms with E-state index < -0.39 is 5.97 Å². The number of carbonyl (C=O) groups is 1. The van der Waals surface area contributed by atoms with Gasteiger partial charge in [0.15, 0.2) is 0 Å². The van der Waals surface area contributed by atoms with E-state index in [1.165, 1.54) is 31.2 Å². The van der Waals surface area contributed by atoms with Gasteiger partial charge in [0.05, 0.1) is 6.42 Å². The molecular weight excluding hydrogens is 264 g/mol. The lowest BCUT2D eigenvalue weighted by atomic mass is 10.1. The third-order valence-corrected chi connectivity index (χ3v) is 4.30. The van der Waals surface area contributed by atoms with E-state index in [1.807, 2.05) is 24.3 Å². The van der Waals surface area contributed by atoms with Crippen LogP contribution in [0.4, 0.5) is 0 Å². The molecular formula is C17H26N2O2. The molecule has 0 amide bonds. The molecule has 0 radical (unpaired) electrons. The van der Waals surface area contributed by atoms with E-state index in [2.05, 4.69) is 17.3 Å². The van der Waals surface area contributed by atoms with Crippen molar-refractivity contribution in [3.05, 3.63) is 35.4 Å². The van der Waals surface area contributed by atoms with Gasteiger partial charge in [-0.25, -0.2) is 0 Å². The Bertz CT molecular complexity index is 439. The van der Waals surface area contributed by atoms with Gasteiger partial charge in [-0.3, -0.25) is 4.79 Å². The number of carboxylic acids is 1. The molecule has 1 aliphatic carbocycles. The number of aliphatic carboxylic acids is 1. The van der Waals surface area contributed by atoms with Crippen molar-refractivity contribution in [3.8, 4) is 0 Å². The molecule has 1 aromatic rings. The van der Waals surface area contributed by atoms with Crippen molar-refractivity contribution in [2.24, 2.45) is 0 Å². The van der Waals surface area contributed by atoms with Gasteiger partial charge >= 0.3 is 5.97 Å². The predicted octanol–water partition coefficient (Wildman–Crippen LogP) is 2.28. The van der Waals surface area contributed by atoms with Crippen molar-refractivity contribution in [1.82, 2.24) is 10.2 Å². The number of nitrogens with zero attached hydrogens (tertiary/aromatic N) is 1. The number of rotatable bonds is 8. The average molecular weight is 290 g/mol. The lowest BCUT2D eigenvalue weighted by Crippen LogP contribution is -2.35. The van der Waals surface area contributed by atoms with Gasteiger partial charge in [0.1, 0.15) is 0 Å². The van der Waals surface area contributed by atoms with Crippen molar-refractivity contribution in [2.75, 3.05) is 20.1 Å². The van der Waals surface area contributed by atoms with Crippen molar-refractivity contribution < 1.29 is 9.90 Å². The second-order valence-electron chi connectivity index (χ2n) is 5.98. The molecule has 1 fully saturated rings. The van der Waals surface area contributed by atoms with Crippen LogP contribution in [-0.4, -0.2) is 42.2 Å². The zero-order valence-electron chi connectivity index (χ0n) is 12.8. The number of nitrogens with one attached hydrogen (secondary N) is 1. The van der Waals surface area contributed by atoms with E-state index in [1.54, 1.807) is 0 Å². The second kappa shape index (κ2) is 8.15. The van der Waals surface area contributed by atoms with E-state index in [4.69, 9.17) is 5.11 Å². The summed E-state index contributed by atoms with van der Waals surface area (Å²) in [7, 11) is 2.22. The molecule has 0 saturated heterocycles. The molecule has 4 heteroatoms. The molecule has 0 atom stereocenters. The summed E-state index contributed by atoms with van der Waals surface area (Å²) in [5, 5.41) is 12.2. The third-order valence-electron chi connectivity index (χ3n) is 4.30. The molecule has 1 aromatic carbocycles. The average Bonchev–Trinajstić information content (AvgIpc) is 2.99. The quantitative estimate of drug-likeness (QED) is 0.721. The molecule has 1 saturated carbocycles. The Balaban J connectivity index is 1.65. The molecule has 0 aliphatic heterocycles. The summed E-state index contributed by atoms with van der Waals surface area (Å²) in [6.07, 6.45) is 5.55. The van der Waals surface area contributed by atoms with Crippen LogP contribution in [0.1, 0.15) is 36.8 Å². The minimum absolute atomic E-state index is 0.0971. The number of likely N-dealkylation sites (N-methyl/N-ethyl adjacent to an activating group) is 1. The summed E-state index contributed by atoms with van der Waals surface area (Å²) in [6, 6.07) is 8.59. The largest absolute Gasteiger partial charge is 0.481 e. The standard InChI is InChI=1S/C17H26N2O2/c1-19(16-4-2-3-5-16)11-10-18-13-15-8-6-14(7-9-15)12-17(20)21/h6-9,16,18H,2-5,10-13H2,1H3,(H,20,21). The number of hydrogen-bond donors (Lipinski definition) is 2. The molecule has 0 bridgehead atoms. The van der Waals surface area contributed by atoms with E-state index >= 15 is 0 Å². The Morgan fingerprint density at radius 2 is 1.86 bits per heavy atom. The molecule has 2 rings (SSSR count). The first-order valence-electron chi connectivity index (χ1n) is 7.86. The minimum Gasteiger partial charge on any atom is -0.481 e. The maximum absolute atomic E-state index is 10.6. The van der Waals surface area contributed by atoms with Gasteiger partial charge in [-0.15, -0.1) is 0 Å². The van der Waals surface area contributed by atoms with Gasteiger partial charge in [-0.2, -0.15) is 0 Å². The van der Waals surface area contributed by atoms with E-state index in [9.17, 15) is 4.79 Å². The van der Waals surface area contributed by atoms with Gasteiger partial charge in [0.25, 0.3) is 0 Å². The zero-order chi connectivity index (χ0) is 15.1. The molecule has 4 nitrogen and oxygen atoms in total. The van der Waals surface area contributed by atoms with Crippen LogP contribution < -0.4 is 5.32 Å². The van der Waals surface area contributed by atoms with Crippen LogP contribution in [0.5, 0.6) is 0 Å². The summed E-state index contributed by atoms with van der Waals surface area (Å²) in [5.74, 6) is -0.782. The van der Waals surface area contributed by atoms with Crippen LogP contribution in [0.3, 0.4) is 0 Å². The molecule has 1 aliphatic rings. The maximum Gasteiger partial charge on any atom is 0.307 e. The first-order chi connectivity index (χ1) is 10.1. The van der Waals surface area contributed by atoms with E-state index in [0.717, 1.165) is 31.2 Å². The fourth-order valence-corrected chi connectivity index (χ4v) is 2.97. The van der Waals surface area contributed by atoms with Crippen LogP contribution in [0, 0.1) is 0 Å². The Labute approximate surface area is 127 Å². The molecule has 0 unspecified atom stereocenters. The van der Waals surface area contributed by atoms with Crippen LogP contribution in [-0.2, 0) is 17.8 Å². The highest BCUT2D eigenvalue weighted by Crippen LogP contribution is 2.21. The SMILES string of the molecule is CN(CCNCc1ccc(CC(=O)O)cc1)C1CCCC1. The molecule has 0 aromatic heterocycles. The van der Waals surface area contributed by atoms with E-state index in [0.29, 0.717) is 0 Å². The monoisotopic (exact) mass is 290 g/mol. The van der Waals surface area contributed by atoms with Gasteiger partial charge in [-0.05, 0) is 31.0 Å². The zero-order valence-corrected chi connectivity index (χ0v) is 12.8. The Hall–Kier alpha value is -1.39. The highest BCUT2D eigenvalue weighted by molar-refractivity contribution is 5.70. The van der Waals surface area contributed by atoms with Crippen molar-refractivity contribution in [1.29, 1.82) is 0 Å². The lowest BCUT2D eigenvalue weighted by Gasteiger charge is -2.24. The van der Waals surface area contributed by atoms with Crippen LogP contribution in [0.25, 0.3) is 0 Å². The Morgan fingerprint density at radius 1 is 1.24 bits per heavy atom. The summed E-state index contributed by atoms with van der Waals surface area (Å²) in [4.78, 5) is 13.1. The van der Waals surface area contributed by atoms with Crippen LogP contribution in [0.2, 0.25) is 0 Å². The molecule has 0 spiro atoms. The second-order valence-corrected chi connectivity index (χ2v) is 5.98. The smallest absolute Gasteiger partial charge is 0.307 e. The summed E-state index contributed by atoms with van der Waals surface area (Å²) < 4.78 is 0. The summed E-state index contributed by atoms with van der Waals surface area (Å²) in [5.41, 5.74) is 2.06. The van der Waals surface area contributed by atoms with Gasteiger partial charge in [-0.1, -0.05) is 37.1 Å². The topological polar surface area (TPSA) is 52.6 Å². The number of benzene rings is 1. The first kappa shape index (κ1) is 16.0. The van der Waals surface area contributed by atoms with E-state index in [-0.39, 0.29) is 6.42 Å². The molecule has 21 heavy (non-hydrogen) atoms. The number of hydrogen-bond acceptors (Lipinski definition) is 3. The van der Waals surface area contributed by atoms with Crippen LogP contribution >= 0.6 is 0 Å². The third kappa shape index (κ3) is 5.48. The van der Waals surface area contributed by atoms with Gasteiger partial charge in [0.2, 0.25) is 0 Å². The Morgan fingerprint density at radius 3 is 2.48 bits per heavy atom. The van der Waals surface area contributed by atoms with Crippen molar-refractivity contribution in [3.63, 3.8) is 0 Å². The maximum atomic E-state index is 10.6. The molecule has 116 valence electrons. The minimum atomic E-state index is -0.782. The van der Waals surface area contributed by atoms with Crippen molar-refractivity contribution >= 4 is 5.97 Å². The van der Waals surface area contributed by atoms with Crippen LogP contribution in [0.15, 0.2) is 24.3 Å². The molecule has 2 N–H and O–H groups in total. The Kier molecular flexibility index (Phi) is 6.21. The first-order valence-corrected chi connectivity index (χ1v) is 7.86. The lowest BCUT2D eigenvalue weighted by molar-refractivity contribution is -0.136. The van der Waals surface area contributed by atoms with Gasteiger partial charge < -0.3 is 15.3 Å². The fourth-order valence-electron chi connectivity index (χ4n) is 2.97. The fraction of sp³-hybridized carbons (Fsp3) is 0.588. The number of carboxylic acid groups (broad SMARTS) is 1. The molecule has 0 heterocycles. The van der Waals surface area contributed by atoms with Gasteiger partial charge in [0, 0.05) is 25.7 Å². The predicted molar refractivity (Wildman–Crippen MR) is 84.4 cm³/mol.